The van der Waals surface area contributed by atoms with Crippen LogP contribution in [-0.2, 0) is 10.1 Å². The first-order valence-corrected chi connectivity index (χ1v) is 5.25. The molecule has 7 nitrogen and oxygen atoms in total. The van der Waals surface area contributed by atoms with E-state index in [0.29, 0.717) is 6.07 Å². The van der Waals surface area contributed by atoms with Crippen LogP contribution in [-0.4, -0.2) is 84.0 Å². The summed E-state index contributed by atoms with van der Waals surface area (Å²) in [6.45, 7) is 0. The van der Waals surface area contributed by atoms with Gasteiger partial charge in [-0.25, -0.2) is 9.59 Å². The average molecular weight is 414 g/mol. The minimum atomic E-state index is -4.56. The van der Waals surface area contributed by atoms with Crippen molar-refractivity contribution in [3.05, 3.63) is 44.2 Å². The number of hydrogen-bond donors (Lipinski definition) is 3. The van der Waals surface area contributed by atoms with E-state index in [4.69, 9.17) is 14.8 Å². The van der Waals surface area contributed by atoms with Crippen molar-refractivity contribution in [2.75, 3.05) is 0 Å². The van der Waals surface area contributed by atoms with Gasteiger partial charge in [0, 0.05) is 0 Å². The van der Waals surface area contributed by atoms with Crippen molar-refractivity contribution in [3.63, 3.8) is 0 Å². The largest absolute Gasteiger partial charge is 2.00 e. The Hall–Kier alpha value is -0.359. The number of carbonyl (C=O) groups is 2. The van der Waals surface area contributed by atoms with Gasteiger partial charge in [-0.15, -0.1) is 0 Å². The van der Waals surface area contributed by atoms with E-state index in [1.165, 1.54) is 0 Å². The Morgan fingerprint density at radius 2 is 1.37 bits per heavy atom. The standard InChI is InChI=1S/C8H6O7S.2CH3.Ba/c9-7(10)5-2-1-4(16(13,14)15)3-6(5)8(11)12;;;/h1-3H,(H,9,10)(H,11,12)(H,13,14,15);2*1H3;/q;2*-1;+2. The zero-order chi connectivity index (χ0) is 12.5. The number of carboxylic acid groups (broad SMARTS) is 2. The molecule has 0 saturated carbocycles. The molecule has 0 heterocycles. The van der Waals surface area contributed by atoms with Crippen molar-refractivity contribution in [1.29, 1.82) is 0 Å². The molecule has 1 rings (SSSR count). The molecule has 0 aliphatic heterocycles. The zero-order valence-corrected chi connectivity index (χ0v) is 15.6. The minimum Gasteiger partial charge on any atom is -0.478 e. The third-order valence-corrected chi connectivity index (χ3v) is 2.60. The van der Waals surface area contributed by atoms with Crippen LogP contribution in [0.5, 0.6) is 0 Å². The van der Waals surface area contributed by atoms with E-state index in [0.717, 1.165) is 12.1 Å². The molecule has 0 bridgehead atoms. The summed E-state index contributed by atoms with van der Waals surface area (Å²) >= 11 is 0. The maximum absolute atomic E-state index is 10.7. The summed E-state index contributed by atoms with van der Waals surface area (Å²) in [4.78, 5) is 20.6. The molecule has 0 radical (unpaired) electrons. The summed E-state index contributed by atoms with van der Waals surface area (Å²) in [5.74, 6) is -3.10. The van der Waals surface area contributed by atoms with E-state index >= 15 is 0 Å². The van der Waals surface area contributed by atoms with Gasteiger partial charge in [-0.1, -0.05) is 0 Å². The van der Waals surface area contributed by atoms with E-state index in [1.54, 1.807) is 0 Å². The van der Waals surface area contributed by atoms with Gasteiger partial charge in [-0.2, -0.15) is 8.42 Å². The van der Waals surface area contributed by atoms with E-state index in [-0.39, 0.29) is 63.7 Å². The van der Waals surface area contributed by atoms with Crippen LogP contribution in [0.2, 0.25) is 0 Å². The van der Waals surface area contributed by atoms with Gasteiger partial charge < -0.3 is 25.1 Å². The Bertz CT molecular complexity index is 565. The molecule has 9 heteroatoms. The molecule has 3 N–H and O–H groups in total. The maximum Gasteiger partial charge on any atom is 2.00 e. The van der Waals surface area contributed by atoms with Gasteiger partial charge in [0.2, 0.25) is 0 Å². The van der Waals surface area contributed by atoms with E-state index in [2.05, 4.69) is 0 Å². The van der Waals surface area contributed by atoms with Gasteiger partial charge in [-0.3, -0.25) is 4.55 Å². The van der Waals surface area contributed by atoms with E-state index in [9.17, 15) is 18.0 Å². The molecule has 0 aromatic heterocycles. The normalized spacial score (nSPS) is 9.32. The Labute approximate surface area is 151 Å². The molecule has 19 heavy (non-hydrogen) atoms. The fourth-order valence-electron chi connectivity index (χ4n) is 1.05. The van der Waals surface area contributed by atoms with Gasteiger partial charge in [0.15, 0.2) is 0 Å². The minimum absolute atomic E-state index is 0. The van der Waals surface area contributed by atoms with E-state index in [1.807, 2.05) is 0 Å². The van der Waals surface area contributed by atoms with Crippen molar-refractivity contribution in [2.24, 2.45) is 0 Å². The quantitative estimate of drug-likeness (QED) is 0.380. The Morgan fingerprint density at radius 3 is 1.68 bits per heavy atom. The van der Waals surface area contributed by atoms with Gasteiger partial charge in [0.25, 0.3) is 10.1 Å². The van der Waals surface area contributed by atoms with Crippen LogP contribution >= 0.6 is 0 Å². The average Bonchev–Trinajstić information content (AvgIpc) is 2.15. The zero-order valence-electron chi connectivity index (χ0n) is 10.3. The van der Waals surface area contributed by atoms with Gasteiger partial charge in [-0.05, 0) is 18.2 Å². The third-order valence-electron chi connectivity index (χ3n) is 1.75. The van der Waals surface area contributed by atoms with Crippen LogP contribution in [0.1, 0.15) is 20.7 Å². The molecule has 0 atom stereocenters. The second kappa shape index (κ2) is 8.74. The summed E-state index contributed by atoms with van der Waals surface area (Å²) in [6, 6.07) is 2.20. The molecule has 1 aromatic carbocycles. The summed E-state index contributed by atoms with van der Waals surface area (Å²) < 4.78 is 30.1. The molecule has 0 amide bonds. The van der Waals surface area contributed by atoms with Crippen LogP contribution in [0, 0.1) is 14.9 Å². The fraction of sp³-hybridized carbons (Fsp3) is 0. The first-order chi connectivity index (χ1) is 7.23. The SMILES string of the molecule is O=C(O)c1ccc(S(=O)(=O)O)cc1C(=O)O.[Ba+2].[CH3-].[CH3-]. The second-order valence-corrected chi connectivity index (χ2v) is 4.21. The number of carboxylic acids is 2. The molecule has 0 unspecified atom stereocenters. The van der Waals surface area contributed by atoms with E-state index < -0.39 is 38.1 Å². The van der Waals surface area contributed by atoms with Gasteiger partial charge in [0.05, 0.1) is 16.0 Å². The number of hydrogen-bond acceptors (Lipinski definition) is 4. The summed E-state index contributed by atoms with van der Waals surface area (Å²) in [6.07, 6.45) is 0. The van der Waals surface area contributed by atoms with Crippen molar-refractivity contribution in [2.45, 2.75) is 4.90 Å². The van der Waals surface area contributed by atoms with Crippen molar-refractivity contribution in [3.8, 4) is 0 Å². The summed E-state index contributed by atoms with van der Waals surface area (Å²) in [7, 11) is -4.56. The molecule has 0 spiro atoms. The molecule has 102 valence electrons. The molecule has 1 aromatic rings. The number of aromatic carboxylic acids is 2. The molecule has 0 fully saturated rings. The predicted molar refractivity (Wildman–Crippen MR) is 68.8 cm³/mol. The molecular formula is C10H12BaO7S. The fourth-order valence-corrected chi connectivity index (χ4v) is 1.55. The third kappa shape index (κ3) is 6.08. The van der Waals surface area contributed by atoms with Crippen LogP contribution < -0.4 is 0 Å². The molecular weight excluding hydrogens is 401 g/mol. The Kier molecular flexibility index (Phi) is 10.9. The maximum atomic E-state index is 10.7. The van der Waals surface area contributed by atoms with Crippen molar-refractivity contribution < 1.29 is 32.8 Å². The monoisotopic (exact) mass is 414 g/mol. The molecule has 0 aliphatic carbocycles. The van der Waals surface area contributed by atoms with Gasteiger partial charge in [0.1, 0.15) is 0 Å². The Morgan fingerprint density at radius 1 is 0.947 bits per heavy atom. The molecule has 0 saturated heterocycles. The number of rotatable bonds is 3. The van der Waals surface area contributed by atoms with Gasteiger partial charge >= 0.3 is 60.8 Å². The topological polar surface area (TPSA) is 129 Å². The molecule has 0 aliphatic rings. The van der Waals surface area contributed by atoms with Crippen LogP contribution in [0.15, 0.2) is 23.1 Å². The first kappa shape index (κ1) is 23.7. The van der Waals surface area contributed by atoms with Crippen molar-refractivity contribution >= 4 is 70.9 Å². The summed E-state index contributed by atoms with van der Waals surface area (Å²) in [5, 5.41) is 17.3. The predicted octanol–water partition coefficient (Wildman–Crippen LogP) is 0.849. The van der Waals surface area contributed by atoms with Crippen LogP contribution in [0.4, 0.5) is 0 Å². The smallest absolute Gasteiger partial charge is 0.478 e. The van der Waals surface area contributed by atoms with Crippen LogP contribution in [0.25, 0.3) is 0 Å². The first-order valence-electron chi connectivity index (χ1n) is 3.81. The van der Waals surface area contributed by atoms with Crippen molar-refractivity contribution in [1.82, 2.24) is 0 Å². The summed E-state index contributed by atoms with van der Waals surface area (Å²) in [5.41, 5.74) is -1.26. The Balaban J connectivity index is -0.000000853. The number of benzene rings is 1. The van der Waals surface area contributed by atoms with Crippen LogP contribution in [0.3, 0.4) is 0 Å². The second-order valence-electron chi connectivity index (χ2n) is 2.79.